The number of phenols is 1. The Kier molecular flexibility index (Phi) is 7.03. The number of hydrogen-bond donors (Lipinski definition) is 3. The standard InChI is InChI=1S/C27H32FN5O4/c1-14(2)33(5)26(37)18-16(28)8-9-17(22(18)34)31-20-21(24(36)23(20)35)32-25(27(4)10-6-7-11-27)19-15(3)29-12-13-30-19/h8-9,12-14,25,31-32,34H,6-7,10-11H2,1-5H3/t25-/m0/s1. The third-order valence-corrected chi connectivity index (χ3v) is 7.53. The molecule has 1 aliphatic carbocycles. The molecule has 2 aromatic carbocycles. The molecule has 10 heteroatoms. The van der Waals surface area contributed by atoms with Gasteiger partial charge in [0.25, 0.3) is 16.8 Å². The summed E-state index contributed by atoms with van der Waals surface area (Å²) in [6.45, 7) is 7.49. The van der Waals surface area contributed by atoms with E-state index in [1.54, 1.807) is 26.2 Å². The molecule has 0 radical (unpaired) electrons. The van der Waals surface area contributed by atoms with Crippen LogP contribution < -0.4 is 21.5 Å². The van der Waals surface area contributed by atoms with Crippen molar-refractivity contribution in [3.05, 3.63) is 67.7 Å². The lowest BCUT2D eigenvalue weighted by atomic mass is 9.78. The second kappa shape index (κ2) is 9.91. The van der Waals surface area contributed by atoms with Gasteiger partial charge in [-0.25, -0.2) is 4.39 Å². The van der Waals surface area contributed by atoms with Crippen molar-refractivity contribution in [1.29, 1.82) is 0 Å². The number of nitrogens with zero attached hydrogens (tertiary/aromatic N) is 3. The van der Waals surface area contributed by atoms with Gasteiger partial charge in [0.1, 0.15) is 22.8 Å². The molecule has 1 fully saturated rings. The molecule has 1 atom stereocenters. The van der Waals surface area contributed by atoms with Gasteiger partial charge < -0.3 is 20.6 Å². The number of carbonyl (C=O) groups excluding carboxylic acids is 1. The molecular weight excluding hydrogens is 477 g/mol. The topological polar surface area (TPSA) is 125 Å². The lowest BCUT2D eigenvalue weighted by molar-refractivity contribution is 0.0747. The van der Waals surface area contributed by atoms with E-state index in [0.29, 0.717) is 5.69 Å². The summed E-state index contributed by atoms with van der Waals surface area (Å²) >= 11 is 0. The summed E-state index contributed by atoms with van der Waals surface area (Å²) < 4.78 is 14.6. The summed E-state index contributed by atoms with van der Waals surface area (Å²) in [5, 5.41) is 16.8. The predicted octanol–water partition coefficient (Wildman–Crippen LogP) is 4.18. The second-order valence-corrected chi connectivity index (χ2v) is 10.3. The number of aromatic hydroxyl groups is 1. The van der Waals surface area contributed by atoms with Gasteiger partial charge in [-0.3, -0.25) is 24.4 Å². The summed E-state index contributed by atoms with van der Waals surface area (Å²) in [7, 11) is 1.50. The molecule has 3 N–H and O–H groups in total. The number of carbonyl (C=O) groups is 1. The van der Waals surface area contributed by atoms with Gasteiger partial charge in [0.05, 0.1) is 23.1 Å². The average molecular weight is 510 g/mol. The molecule has 1 amide bonds. The normalized spacial score (nSPS) is 15.6. The number of benzene rings is 1. The first kappa shape index (κ1) is 26.2. The Labute approximate surface area is 214 Å². The van der Waals surface area contributed by atoms with E-state index in [1.165, 1.54) is 18.0 Å². The molecule has 196 valence electrons. The summed E-state index contributed by atoms with van der Waals surface area (Å²) in [4.78, 5) is 48.2. The molecular formula is C27H32FN5O4. The van der Waals surface area contributed by atoms with Crippen molar-refractivity contribution >= 4 is 23.0 Å². The van der Waals surface area contributed by atoms with E-state index in [2.05, 4.69) is 27.5 Å². The van der Waals surface area contributed by atoms with E-state index in [1.807, 2.05) is 6.92 Å². The molecule has 1 heterocycles. The zero-order chi connectivity index (χ0) is 27.1. The van der Waals surface area contributed by atoms with Crippen molar-refractivity contribution in [2.45, 2.75) is 65.5 Å². The summed E-state index contributed by atoms with van der Waals surface area (Å²) in [5.74, 6) is -2.24. The highest BCUT2D eigenvalue weighted by molar-refractivity contribution is 5.99. The Bertz CT molecular complexity index is 1410. The number of aromatic nitrogens is 2. The van der Waals surface area contributed by atoms with Gasteiger partial charge >= 0.3 is 0 Å². The number of aryl methyl sites for hydroxylation is 1. The minimum atomic E-state index is -0.892. The highest BCUT2D eigenvalue weighted by Gasteiger charge is 2.41. The smallest absolute Gasteiger partial charge is 0.260 e. The highest BCUT2D eigenvalue weighted by Crippen LogP contribution is 2.49. The summed E-state index contributed by atoms with van der Waals surface area (Å²) in [5.41, 5.74) is -0.860. The summed E-state index contributed by atoms with van der Waals surface area (Å²) in [6, 6.07) is 1.64. The van der Waals surface area contributed by atoms with Gasteiger partial charge in [-0.2, -0.15) is 0 Å². The minimum absolute atomic E-state index is 0.0589. The molecule has 1 aromatic heterocycles. The van der Waals surface area contributed by atoms with Crippen LogP contribution in [-0.2, 0) is 0 Å². The highest BCUT2D eigenvalue weighted by atomic mass is 19.1. The SMILES string of the molecule is Cc1nccnc1[C@H](Nc1c(Nc2ccc(F)c(C(=O)N(C)C(C)C)c2O)c(=O)c1=O)C1(C)CCCC1. The van der Waals surface area contributed by atoms with Crippen molar-refractivity contribution in [3.63, 3.8) is 0 Å². The fourth-order valence-electron chi connectivity index (χ4n) is 4.96. The van der Waals surface area contributed by atoms with Crippen LogP contribution in [0.4, 0.5) is 21.5 Å². The van der Waals surface area contributed by atoms with E-state index in [0.717, 1.165) is 37.4 Å². The van der Waals surface area contributed by atoms with E-state index in [4.69, 9.17) is 0 Å². The average Bonchev–Trinajstić information content (AvgIpc) is 3.31. The van der Waals surface area contributed by atoms with Crippen molar-refractivity contribution < 1.29 is 14.3 Å². The van der Waals surface area contributed by atoms with E-state index >= 15 is 0 Å². The maximum Gasteiger partial charge on any atom is 0.260 e. The third-order valence-electron chi connectivity index (χ3n) is 7.53. The number of hydrogen-bond acceptors (Lipinski definition) is 8. The zero-order valence-corrected chi connectivity index (χ0v) is 21.7. The lowest BCUT2D eigenvalue weighted by Crippen LogP contribution is -2.40. The molecule has 0 spiro atoms. The molecule has 1 saturated carbocycles. The molecule has 0 bridgehead atoms. The number of amides is 1. The molecule has 9 nitrogen and oxygen atoms in total. The van der Waals surface area contributed by atoms with Gasteiger partial charge in [-0.15, -0.1) is 0 Å². The van der Waals surface area contributed by atoms with Gasteiger partial charge in [0.2, 0.25) is 0 Å². The van der Waals surface area contributed by atoms with Crippen molar-refractivity contribution in [3.8, 4) is 5.75 Å². The van der Waals surface area contributed by atoms with Crippen LogP contribution in [0.5, 0.6) is 5.75 Å². The fraction of sp³-hybridized carbons (Fsp3) is 0.444. The first-order valence-electron chi connectivity index (χ1n) is 12.4. The maximum absolute atomic E-state index is 14.6. The predicted molar refractivity (Wildman–Crippen MR) is 140 cm³/mol. The minimum Gasteiger partial charge on any atom is -0.505 e. The number of anilines is 3. The van der Waals surface area contributed by atoms with Crippen LogP contribution >= 0.6 is 0 Å². The maximum atomic E-state index is 14.6. The number of nitrogens with one attached hydrogen (secondary N) is 2. The zero-order valence-electron chi connectivity index (χ0n) is 21.7. The molecule has 4 rings (SSSR count). The Morgan fingerprint density at radius 3 is 2.35 bits per heavy atom. The molecule has 3 aromatic rings. The quantitative estimate of drug-likeness (QED) is 0.305. The van der Waals surface area contributed by atoms with Crippen LogP contribution in [0, 0.1) is 18.2 Å². The first-order valence-corrected chi connectivity index (χ1v) is 12.4. The van der Waals surface area contributed by atoms with E-state index in [-0.39, 0.29) is 34.6 Å². The van der Waals surface area contributed by atoms with Crippen LogP contribution in [0.25, 0.3) is 0 Å². The van der Waals surface area contributed by atoms with Crippen LogP contribution in [0.15, 0.2) is 34.1 Å². The van der Waals surface area contributed by atoms with Crippen molar-refractivity contribution in [1.82, 2.24) is 14.9 Å². The van der Waals surface area contributed by atoms with Crippen molar-refractivity contribution in [2.24, 2.45) is 5.41 Å². The molecule has 37 heavy (non-hydrogen) atoms. The molecule has 0 unspecified atom stereocenters. The van der Waals surface area contributed by atoms with Gasteiger partial charge in [0, 0.05) is 25.5 Å². The van der Waals surface area contributed by atoms with Gasteiger partial charge in [-0.05, 0) is 51.2 Å². The molecule has 0 saturated heterocycles. The monoisotopic (exact) mass is 509 g/mol. The van der Waals surface area contributed by atoms with Crippen LogP contribution in [0.3, 0.4) is 0 Å². The van der Waals surface area contributed by atoms with E-state index < -0.39 is 33.9 Å². The Morgan fingerprint density at radius 2 is 1.73 bits per heavy atom. The van der Waals surface area contributed by atoms with Crippen LogP contribution in [0.2, 0.25) is 0 Å². The van der Waals surface area contributed by atoms with Crippen molar-refractivity contribution in [2.75, 3.05) is 17.7 Å². The number of rotatable bonds is 8. The van der Waals surface area contributed by atoms with E-state index in [9.17, 15) is 23.9 Å². The van der Waals surface area contributed by atoms with Gasteiger partial charge in [-0.1, -0.05) is 19.8 Å². The largest absolute Gasteiger partial charge is 0.505 e. The van der Waals surface area contributed by atoms with Crippen LogP contribution in [0.1, 0.15) is 74.2 Å². The fourth-order valence-corrected chi connectivity index (χ4v) is 4.96. The lowest BCUT2D eigenvalue weighted by Gasteiger charge is -2.36. The number of halogens is 1. The Hall–Kier alpha value is -3.82. The molecule has 0 aliphatic heterocycles. The molecule has 1 aliphatic rings. The third kappa shape index (κ3) is 4.68. The summed E-state index contributed by atoms with van der Waals surface area (Å²) in [6.07, 6.45) is 7.09. The second-order valence-electron chi connectivity index (χ2n) is 10.3. The van der Waals surface area contributed by atoms with Gasteiger partial charge in [0.15, 0.2) is 5.75 Å². The number of phenolic OH excluding ortho intramolecular Hbond substituents is 1. The first-order chi connectivity index (χ1) is 17.5. The Morgan fingerprint density at radius 1 is 1.11 bits per heavy atom. The van der Waals surface area contributed by atoms with Crippen LogP contribution in [-0.4, -0.2) is 39.0 Å². The Balaban J connectivity index is 1.71.